The Bertz CT molecular complexity index is 2130. The Hall–Kier alpha value is -5.22. The standard InChI is InChI=1S/C37H37N5O4S/c1-5-7-20-45-29-15-16-30(25(3)21-29)35-27(24-41(40-35)28-11-9-8-10-12-28)23-33-36(43)42-37(47-33)38-34(39-42)18-14-26-13-17-31(46-19-6-2)32(22-26)44-4/h8-18,21-24H,5-7,19-20H2,1-4H3/b18-14+,33-23-. The molecular weight excluding hydrogens is 611 g/mol. The Morgan fingerprint density at radius 3 is 2.49 bits per heavy atom. The molecule has 0 spiro atoms. The molecule has 0 N–H and O–H groups in total. The minimum absolute atomic E-state index is 0.231. The van der Waals surface area contributed by atoms with Crippen LogP contribution in [0.3, 0.4) is 0 Å². The molecule has 0 bridgehead atoms. The van der Waals surface area contributed by atoms with Crippen LogP contribution in [0.2, 0.25) is 0 Å². The van der Waals surface area contributed by atoms with Crippen molar-refractivity contribution in [3.05, 3.63) is 110 Å². The largest absolute Gasteiger partial charge is 0.494 e. The molecule has 0 aliphatic heterocycles. The molecule has 9 nitrogen and oxygen atoms in total. The molecule has 3 aromatic heterocycles. The second kappa shape index (κ2) is 14.5. The van der Waals surface area contributed by atoms with Gasteiger partial charge in [-0.2, -0.15) is 14.6 Å². The lowest BCUT2D eigenvalue weighted by atomic mass is 10.0. The summed E-state index contributed by atoms with van der Waals surface area (Å²) in [5.41, 5.74) is 5.19. The summed E-state index contributed by atoms with van der Waals surface area (Å²) in [7, 11) is 1.62. The van der Waals surface area contributed by atoms with E-state index in [0.29, 0.717) is 40.0 Å². The number of aryl methyl sites for hydroxylation is 1. The van der Waals surface area contributed by atoms with Crippen LogP contribution in [0.15, 0.2) is 77.7 Å². The molecule has 0 aliphatic rings. The summed E-state index contributed by atoms with van der Waals surface area (Å²) < 4.78 is 20.9. The molecule has 0 atom stereocenters. The molecular formula is C37H37N5O4S. The third-order valence-corrected chi connectivity index (χ3v) is 8.50. The fourth-order valence-electron chi connectivity index (χ4n) is 5.09. The molecule has 3 aromatic carbocycles. The lowest BCUT2D eigenvalue weighted by Crippen LogP contribution is -2.23. The first-order valence-corrected chi connectivity index (χ1v) is 16.6. The molecule has 0 saturated heterocycles. The van der Waals surface area contributed by atoms with E-state index in [2.05, 4.69) is 30.9 Å². The van der Waals surface area contributed by atoms with Gasteiger partial charge in [-0.15, -0.1) is 5.10 Å². The van der Waals surface area contributed by atoms with Gasteiger partial charge in [0.2, 0.25) is 4.96 Å². The number of hydrogen-bond acceptors (Lipinski definition) is 8. The van der Waals surface area contributed by atoms with Gasteiger partial charge in [0.05, 0.1) is 30.5 Å². The second-order valence-electron chi connectivity index (χ2n) is 11.1. The number of para-hydroxylation sites is 1. The Morgan fingerprint density at radius 1 is 0.894 bits per heavy atom. The van der Waals surface area contributed by atoms with Crippen molar-refractivity contribution in [2.45, 2.75) is 40.0 Å². The lowest BCUT2D eigenvalue weighted by Gasteiger charge is -2.10. The minimum Gasteiger partial charge on any atom is -0.494 e. The highest BCUT2D eigenvalue weighted by Gasteiger charge is 2.16. The van der Waals surface area contributed by atoms with Crippen molar-refractivity contribution in [2.24, 2.45) is 0 Å². The predicted molar refractivity (Wildman–Crippen MR) is 188 cm³/mol. The van der Waals surface area contributed by atoms with Gasteiger partial charge in [-0.3, -0.25) is 4.79 Å². The van der Waals surface area contributed by atoms with Crippen molar-refractivity contribution in [3.8, 4) is 34.2 Å². The smallest absolute Gasteiger partial charge is 0.291 e. The molecule has 0 radical (unpaired) electrons. The van der Waals surface area contributed by atoms with Gasteiger partial charge in [-0.05, 0) is 85.5 Å². The summed E-state index contributed by atoms with van der Waals surface area (Å²) in [6, 6.07) is 21.7. The van der Waals surface area contributed by atoms with E-state index in [4.69, 9.17) is 19.3 Å². The van der Waals surface area contributed by atoms with Gasteiger partial charge in [0.15, 0.2) is 17.3 Å². The number of thiazole rings is 1. The zero-order chi connectivity index (χ0) is 32.8. The van der Waals surface area contributed by atoms with Crippen LogP contribution in [0.4, 0.5) is 0 Å². The van der Waals surface area contributed by atoms with Gasteiger partial charge >= 0.3 is 0 Å². The first kappa shape index (κ1) is 31.7. The van der Waals surface area contributed by atoms with Gasteiger partial charge in [-0.1, -0.05) is 61.9 Å². The van der Waals surface area contributed by atoms with E-state index in [1.54, 1.807) is 13.2 Å². The average molecular weight is 648 g/mol. The van der Waals surface area contributed by atoms with Crippen molar-refractivity contribution in [1.29, 1.82) is 0 Å². The monoisotopic (exact) mass is 647 g/mol. The highest BCUT2D eigenvalue weighted by molar-refractivity contribution is 7.15. The summed E-state index contributed by atoms with van der Waals surface area (Å²) in [6.45, 7) is 7.56. The number of rotatable bonds is 13. The number of aromatic nitrogens is 5. The summed E-state index contributed by atoms with van der Waals surface area (Å²) >= 11 is 1.30. The Kier molecular flexibility index (Phi) is 9.78. The third kappa shape index (κ3) is 7.12. The summed E-state index contributed by atoms with van der Waals surface area (Å²) in [5, 5.41) is 9.45. The molecule has 6 aromatic rings. The fraction of sp³-hybridized carbons (Fsp3) is 0.243. The van der Waals surface area contributed by atoms with Crippen molar-refractivity contribution in [2.75, 3.05) is 20.3 Å². The van der Waals surface area contributed by atoms with Crippen LogP contribution < -0.4 is 24.3 Å². The maximum Gasteiger partial charge on any atom is 0.291 e. The van der Waals surface area contributed by atoms with Crippen LogP contribution in [0.25, 0.3) is 40.1 Å². The Balaban J connectivity index is 1.32. The van der Waals surface area contributed by atoms with E-state index >= 15 is 0 Å². The van der Waals surface area contributed by atoms with E-state index in [1.807, 2.05) is 89.8 Å². The van der Waals surface area contributed by atoms with Crippen LogP contribution in [-0.2, 0) is 0 Å². The summed E-state index contributed by atoms with van der Waals surface area (Å²) in [5.74, 6) is 2.64. The van der Waals surface area contributed by atoms with Crippen LogP contribution in [-0.4, -0.2) is 44.7 Å². The molecule has 0 fully saturated rings. The quantitative estimate of drug-likeness (QED) is 0.125. The van der Waals surface area contributed by atoms with Crippen molar-refractivity contribution in [1.82, 2.24) is 24.4 Å². The number of ether oxygens (including phenoxy) is 3. The molecule has 240 valence electrons. The Morgan fingerprint density at radius 2 is 1.74 bits per heavy atom. The van der Waals surface area contributed by atoms with E-state index in [1.165, 1.54) is 15.9 Å². The molecule has 6 rings (SSSR count). The predicted octanol–water partition coefficient (Wildman–Crippen LogP) is 7.01. The maximum absolute atomic E-state index is 13.5. The van der Waals surface area contributed by atoms with Gasteiger partial charge in [-0.25, -0.2) is 4.68 Å². The average Bonchev–Trinajstić information content (AvgIpc) is 3.78. The summed E-state index contributed by atoms with van der Waals surface area (Å²) in [4.78, 5) is 18.7. The molecule has 0 amide bonds. The number of nitrogens with zero attached hydrogens (tertiary/aromatic N) is 5. The number of methoxy groups -OCH3 is 1. The molecule has 47 heavy (non-hydrogen) atoms. The highest BCUT2D eigenvalue weighted by atomic mass is 32.1. The van der Waals surface area contributed by atoms with E-state index in [0.717, 1.165) is 58.6 Å². The number of benzene rings is 3. The minimum atomic E-state index is -0.231. The second-order valence-corrected chi connectivity index (χ2v) is 12.1. The van der Waals surface area contributed by atoms with Crippen molar-refractivity contribution in [3.63, 3.8) is 0 Å². The van der Waals surface area contributed by atoms with Crippen molar-refractivity contribution >= 4 is 34.5 Å². The van der Waals surface area contributed by atoms with Crippen molar-refractivity contribution < 1.29 is 14.2 Å². The Labute approximate surface area is 277 Å². The molecule has 0 saturated carbocycles. The highest BCUT2D eigenvalue weighted by Crippen LogP contribution is 2.31. The zero-order valence-corrected chi connectivity index (χ0v) is 27.8. The van der Waals surface area contributed by atoms with Crippen LogP contribution >= 0.6 is 11.3 Å². The maximum atomic E-state index is 13.5. The summed E-state index contributed by atoms with van der Waals surface area (Å²) in [6.07, 6.45) is 10.5. The molecule has 0 unspecified atom stereocenters. The number of unbranched alkanes of at least 4 members (excludes halogenated alkanes) is 1. The van der Waals surface area contributed by atoms with Crippen LogP contribution in [0, 0.1) is 6.92 Å². The third-order valence-electron chi connectivity index (χ3n) is 7.54. The normalized spacial score (nSPS) is 12.0. The first-order chi connectivity index (χ1) is 23.0. The molecule has 10 heteroatoms. The van der Waals surface area contributed by atoms with Gasteiger partial charge in [0.25, 0.3) is 5.56 Å². The van der Waals surface area contributed by atoms with Gasteiger partial charge in [0.1, 0.15) is 11.4 Å². The van der Waals surface area contributed by atoms with E-state index in [-0.39, 0.29) is 5.56 Å². The van der Waals surface area contributed by atoms with E-state index in [9.17, 15) is 4.79 Å². The number of fused-ring (bicyclic) bond motifs is 1. The lowest BCUT2D eigenvalue weighted by molar-refractivity contribution is 0.294. The van der Waals surface area contributed by atoms with Gasteiger partial charge < -0.3 is 14.2 Å². The molecule has 0 aliphatic carbocycles. The van der Waals surface area contributed by atoms with Crippen LogP contribution in [0.1, 0.15) is 55.6 Å². The van der Waals surface area contributed by atoms with E-state index < -0.39 is 0 Å². The first-order valence-electron chi connectivity index (χ1n) is 15.8. The SMILES string of the molecule is CCCCOc1ccc(-c2nn(-c3ccccc3)cc2/C=c2\sc3nc(/C=C/c4ccc(OCCC)c(OC)c4)nn3c2=O)c(C)c1. The van der Waals surface area contributed by atoms with Gasteiger partial charge in [0, 0.05) is 17.3 Å². The topological polar surface area (TPSA) is 92.8 Å². The molecule has 3 heterocycles. The fourth-order valence-corrected chi connectivity index (χ4v) is 6.00. The number of hydrogen-bond donors (Lipinski definition) is 0. The van der Waals surface area contributed by atoms with Crippen LogP contribution in [0.5, 0.6) is 17.2 Å². The zero-order valence-electron chi connectivity index (χ0n) is 27.0.